The molecule has 0 aliphatic rings. The number of hydrogen-bond acceptors (Lipinski definition) is 5. The molecule has 0 saturated carbocycles. The van der Waals surface area contributed by atoms with E-state index in [9.17, 15) is 9.59 Å². The van der Waals surface area contributed by atoms with Crippen molar-refractivity contribution in [3.63, 3.8) is 0 Å². The lowest BCUT2D eigenvalue weighted by Gasteiger charge is -2.13. The Labute approximate surface area is 194 Å². The SMILES string of the molecule is COc1ccccc1OCCNC(=O)c1ccccc1OCC(=O)Nc1ccc(Br)cc1. The van der Waals surface area contributed by atoms with Gasteiger partial charge in [-0.05, 0) is 48.5 Å². The number of halogens is 1. The fourth-order valence-electron chi connectivity index (χ4n) is 2.81. The van der Waals surface area contributed by atoms with Crippen molar-refractivity contribution in [3.05, 3.63) is 82.8 Å². The first-order valence-corrected chi connectivity index (χ1v) is 10.7. The molecule has 2 amide bonds. The number of nitrogens with one attached hydrogen (secondary N) is 2. The summed E-state index contributed by atoms with van der Waals surface area (Å²) in [5, 5.41) is 5.53. The van der Waals surface area contributed by atoms with Gasteiger partial charge in [-0.15, -0.1) is 0 Å². The lowest BCUT2D eigenvalue weighted by atomic mass is 10.2. The smallest absolute Gasteiger partial charge is 0.262 e. The van der Waals surface area contributed by atoms with Crippen molar-refractivity contribution in [3.8, 4) is 17.2 Å². The standard InChI is InChI=1S/C24H23BrN2O5/c1-30-21-8-4-5-9-22(21)31-15-14-26-24(29)19-6-2-3-7-20(19)32-16-23(28)27-18-12-10-17(25)11-13-18/h2-13H,14-16H2,1H3,(H,26,29)(H,27,28). The molecule has 0 unspecified atom stereocenters. The molecule has 166 valence electrons. The van der Waals surface area contributed by atoms with Crippen molar-refractivity contribution in [2.24, 2.45) is 0 Å². The zero-order chi connectivity index (χ0) is 22.8. The van der Waals surface area contributed by atoms with Crippen molar-refractivity contribution >= 4 is 33.4 Å². The molecular formula is C24H23BrN2O5. The van der Waals surface area contributed by atoms with E-state index in [1.165, 1.54) is 0 Å². The van der Waals surface area contributed by atoms with Crippen molar-refractivity contribution in [1.29, 1.82) is 0 Å². The Bertz CT molecular complexity index is 1060. The summed E-state index contributed by atoms with van der Waals surface area (Å²) < 4.78 is 17.4. The minimum atomic E-state index is -0.326. The van der Waals surface area contributed by atoms with Crippen LogP contribution >= 0.6 is 15.9 Å². The number of ether oxygens (including phenoxy) is 3. The lowest BCUT2D eigenvalue weighted by molar-refractivity contribution is -0.118. The summed E-state index contributed by atoms with van der Waals surface area (Å²) in [6.45, 7) is 0.331. The first-order chi connectivity index (χ1) is 15.6. The molecule has 0 spiro atoms. The lowest BCUT2D eigenvalue weighted by Crippen LogP contribution is -2.29. The summed E-state index contributed by atoms with van der Waals surface area (Å²) in [5.41, 5.74) is 0.990. The first-order valence-electron chi connectivity index (χ1n) is 9.88. The van der Waals surface area contributed by atoms with Gasteiger partial charge in [-0.3, -0.25) is 9.59 Å². The van der Waals surface area contributed by atoms with Crippen LogP contribution in [0.25, 0.3) is 0 Å². The predicted octanol–water partition coefficient (Wildman–Crippen LogP) is 4.28. The molecule has 0 aromatic heterocycles. The number of carbonyl (C=O) groups is 2. The van der Waals surface area contributed by atoms with Gasteiger partial charge in [-0.2, -0.15) is 0 Å². The van der Waals surface area contributed by atoms with Crippen LogP contribution in [0.3, 0.4) is 0 Å². The van der Waals surface area contributed by atoms with Gasteiger partial charge >= 0.3 is 0 Å². The number of hydrogen-bond donors (Lipinski definition) is 2. The van der Waals surface area contributed by atoms with E-state index in [1.807, 2.05) is 24.3 Å². The maximum atomic E-state index is 12.6. The molecular weight excluding hydrogens is 476 g/mol. The van der Waals surface area contributed by atoms with Crippen molar-refractivity contribution < 1.29 is 23.8 Å². The molecule has 0 bridgehead atoms. The van der Waals surface area contributed by atoms with E-state index in [0.29, 0.717) is 28.5 Å². The van der Waals surface area contributed by atoms with Crippen molar-refractivity contribution in [2.45, 2.75) is 0 Å². The zero-order valence-electron chi connectivity index (χ0n) is 17.5. The minimum Gasteiger partial charge on any atom is -0.493 e. The van der Waals surface area contributed by atoms with Crippen LogP contribution in [0.4, 0.5) is 5.69 Å². The number of benzene rings is 3. The quantitative estimate of drug-likeness (QED) is 0.407. The molecule has 0 aliphatic carbocycles. The van der Waals surface area contributed by atoms with Crippen LogP contribution in [0, 0.1) is 0 Å². The molecule has 0 aliphatic heterocycles. The molecule has 3 aromatic carbocycles. The number of anilines is 1. The van der Waals surface area contributed by atoms with Gasteiger partial charge in [0.1, 0.15) is 12.4 Å². The molecule has 32 heavy (non-hydrogen) atoms. The molecule has 0 fully saturated rings. The zero-order valence-corrected chi connectivity index (χ0v) is 19.1. The van der Waals surface area contributed by atoms with Crippen LogP contribution < -0.4 is 24.8 Å². The van der Waals surface area contributed by atoms with Gasteiger partial charge in [0.2, 0.25) is 0 Å². The highest BCUT2D eigenvalue weighted by Crippen LogP contribution is 2.25. The highest BCUT2D eigenvalue weighted by atomic mass is 79.9. The average Bonchev–Trinajstić information content (AvgIpc) is 2.82. The van der Waals surface area contributed by atoms with E-state index in [1.54, 1.807) is 55.6 Å². The van der Waals surface area contributed by atoms with Crippen LogP contribution in [0.15, 0.2) is 77.3 Å². The predicted molar refractivity (Wildman–Crippen MR) is 126 cm³/mol. The van der Waals surface area contributed by atoms with Gasteiger partial charge in [-0.25, -0.2) is 0 Å². The number of amides is 2. The molecule has 2 N–H and O–H groups in total. The van der Waals surface area contributed by atoms with Crippen LogP contribution in [0.2, 0.25) is 0 Å². The number of carbonyl (C=O) groups excluding carboxylic acids is 2. The Hall–Kier alpha value is -3.52. The van der Waals surface area contributed by atoms with Crippen LogP contribution in [0.5, 0.6) is 17.2 Å². The monoisotopic (exact) mass is 498 g/mol. The minimum absolute atomic E-state index is 0.225. The molecule has 0 heterocycles. The van der Waals surface area contributed by atoms with E-state index in [0.717, 1.165) is 4.47 Å². The van der Waals surface area contributed by atoms with Crippen molar-refractivity contribution in [1.82, 2.24) is 5.32 Å². The topological polar surface area (TPSA) is 85.9 Å². The Kier molecular flexibility index (Phi) is 8.51. The number of rotatable bonds is 10. The highest BCUT2D eigenvalue weighted by molar-refractivity contribution is 9.10. The summed E-state index contributed by atoms with van der Waals surface area (Å²) in [5.74, 6) is 0.899. The van der Waals surface area contributed by atoms with Crippen LogP contribution in [-0.4, -0.2) is 38.7 Å². The third-order valence-electron chi connectivity index (χ3n) is 4.33. The summed E-state index contributed by atoms with van der Waals surface area (Å²) in [7, 11) is 1.57. The molecule has 8 heteroatoms. The molecule has 0 radical (unpaired) electrons. The maximum Gasteiger partial charge on any atom is 0.262 e. The second kappa shape index (κ2) is 11.8. The fourth-order valence-corrected chi connectivity index (χ4v) is 3.08. The van der Waals surface area contributed by atoms with Crippen LogP contribution in [0.1, 0.15) is 10.4 Å². The fraction of sp³-hybridized carbons (Fsp3) is 0.167. The van der Waals surface area contributed by atoms with E-state index in [4.69, 9.17) is 14.2 Å². The maximum absolute atomic E-state index is 12.6. The summed E-state index contributed by atoms with van der Waals surface area (Å²) in [6, 6.07) is 21.2. The summed E-state index contributed by atoms with van der Waals surface area (Å²) in [6.07, 6.45) is 0. The Balaban J connectivity index is 1.49. The average molecular weight is 499 g/mol. The number of methoxy groups -OCH3 is 1. The van der Waals surface area contributed by atoms with Gasteiger partial charge in [0.25, 0.3) is 11.8 Å². The van der Waals surface area contributed by atoms with Gasteiger partial charge in [-0.1, -0.05) is 40.2 Å². The Morgan fingerprint density at radius 1 is 0.844 bits per heavy atom. The van der Waals surface area contributed by atoms with Crippen LogP contribution in [-0.2, 0) is 4.79 Å². The van der Waals surface area contributed by atoms with Gasteiger partial charge in [0.05, 0.1) is 19.2 Å². The molecule has 7 nitrogen and oxygen atoms in total. The molecule has 0 atom stereocenters. The Morgan fingerprint density at radius 3 is 2.22 bits per heavy atom. The molecule has 3 aromatic rings. The molecule has 0 saturated heterocycles. The highest BCUT2D eigenvalue weighted by Gasteiger charge is 2.13. The third-order valence-corrected chi connectivity index (χ3v) is 4.86. The van der Waals surface area contributed by atoms with E-state index in [2.05, 4.69) is 26.6 Å². The summed E-state index contributed by atoms with van der Waals surface area (Å²) >= 11 is 3.35. The van der Waals surface area contributed by atoms with E-state index >= 15 is 0 Å². The van der Waals surface area contributed by atoms with E-state index in [-0.39, 0.29) is 31.6 Å². The summed E-state index contributed by atoms with van der Waals surface area (Å²) in [4.78, 5) is 24.8. The normalized spacial score (nSPS) is 10.2. The van der Waals surface area contributed by atoms with Crippen molar-refractivity contribution in [2.75, 3.05) is 32.2 Å². The second-order valence-electron chi connectivity index (χ2n) is 6.60. The second-order valence-corrected chi connectivity index (χ2v) is 7.51. The Morgan fingerprint density at radius 2 is 1.50 bits per heavy atom. The largest absolute Gasteiger partial charge is 0.493 e. The third kappa shape index (κ3) is 6.75. The van der Waals surface area contributed by atoms with E-state index < -0.39 is 0 Å². The molecule has 3 rings (SSSR count). The first kappa shape index (κ1) is 23.1. The van der Waals surface area contributed by atoms with Gasteiger partial charge < -0.3 is 24.8 Å². The van der Waals surface area contributed by atoms with Gasteiger partial charge in [0, 0.05) is 10.2 Å². The van der Waals surface area contributed by atoms with Gasteiger partial charge in [0.15, 0.2) is 18.1 Å². The number of para-hydroxylation sites is 3.